The minimum atomic E-state index is -4.07. The number of furan rings is 1. The highest BCUT2D eigenvalue weighted by Gasteiger charge is 2.32. The van der Waals surface area contributed by atoms with Crippen LogP contribution >= 0.6 is 0 Å². The molecule has 0 aliphatic heterocycles. The Morgan fingerprint density at radius 2 is 2.10 bits per heavy atom. The Morgan fingerprint density at radius 3 is 2.62 bits per heavy atom. The zero-order valence-electron chi connectivity index (χ0n) is 11.7. The maximum atomic E-state index is 12.1. The van der Waals surface area contributed by atoms with Crippen molar-refractivity contribution in [2.75, 3.05) is 20.3 Å². The Labute approximate surface area is 122 Å². The van der Waals surface area contributed by atoms with Crippen molar-refractivity contribution < 1.29 is 32.3 Å². The molecule has 0 bridgehead atoms. The van der Waals surface area contributed by atoms with Crippen molar-refractivity contribution in [3.05, 3.63) is 17.9 Å². The van der Waals surface area contributed by atoms with E-state index in [1.54, 1.807) is 0 Å². The third-order valence-electron chi connectivity index (χ3n) is 2.73. The highest BCUT2D eigenvalue weighted by atomic mass is 32.2. The largest absolute Gasteiger partial charge is 0.475 e. The SMILES string of the molecule is COCCCNC(=O)C(C)S(=O)(=O)c1ccc(C(=O)O)o1. The van der Waals surface area contributed by atoms with Gasteiger partial charge in [0, 0.05) is 20.3 Å². The van der Waals surface area contributed by atoms with Crippen LogP contribution in [0.25, 0.3) is 0 Å². The smallest absolute Gasteiger partial charge is 0.371 e. The van der Waals surface area contributed by atoms with Crippen molar-refractivity contribution in [2.45, 2.75) is 23.7 Å². The minimum absolute atomic E-state index is 0.283. The second kappa shape index (κ2) is 7.23. The summed E-state index contributed by atoms with van der Waals surface area (Å²) in [5.74, 6) is -2.56. The summed E-state index contributed by atoms with van der Waals surface area (Å²) in [5.41, 5.74) is 0. The lowest BCUT2D eigenvalue weighted by atomic mass is 10.4. The van der Waals surface area contributed by atoms with Gasteiger partial charge in [0.2, 0.25) is 26.6 Å². The molecule has 118 valence electrons. The molecule has 0 saturated heterocycles. The zero-order chi connectivity index (χ0) is 16.0. The van der Waals surface area contributed by atoms with Crippen molar-refractivity contribution in [1.82, 2.24) is 5.32 Å². The summed E-state index contributed by atoms with van der Waals surface area (Å²) in [6.07, 6.45) is 0.554. The van der Waals surface area contributed by atoms with Crippen LogP contribution in [0.1, 0.15) is 23.9 Å². The summed E-state index contributed by atoms with van der Waals surface area (Å²) in [6.45, 7) is 1.94. The predicted molar refractivity (Wildman–Crippen MR) is 71.8 cm³/mol. The van der Waals surface area contributed by atoms with Crippen LogP contribution in [0, 0.1) is 0 Å². The van der Waals surface area contributed by atoms with Gasteiger partial charge in [0.1, 0.15) is 5.25 Å². The topological polar surface area (TPSA) is 123 Å². The maximum absolute atomic E-state index is 12.1. The van der Waals surface area contributed by atoms with E-state index in [0.29, 0.717) is 13.0 Å². The molecule has 0 aliphatic rings. The number of ether oxygens (including phenoxy) is 1. The Hall–Kier alpha value is -1.87. The lowest BCUT2D eigenvalue weighted by molar-refractivity contribution is -0.120. The van der Waals surface area contributed by atoms with Crippen molar-refractivity contribution >= 4 is 21.7 Å². The number of carbonyl (C=O) groups is 2. The van der Waals surface area contributed by atoms with Gasteiger partial charge in [-0.1, -0.05) is 0 Å². The highest BCUT2D eigenvalue weighted by molar-refractivity contribution is 7.92. The highest BCUT2D eigenvalue weighted by Crippen LogP contribution is 2.19. The molecule has 8 nitrogen and oxygen atoms in total. The average molecular weight is 319 g/mol. The number of aromatic carboxylic acids is 1. The van der Waals surface area contributed by atoms with Gasteiger partial charge in [-0.15, -0.1) is 0 Å². The maximum Gasteiger partial charge on any atom is 0.371 e. The monoisotopic (exact) mass is 319 g/mol. The number of sulfone groups is 1. The number of hydrogen-bond donors (Lipinski definition) is 2. The number of amides is 1. The summed E-state index contributed by atoms with van der Waals surface area (Å²) in [5, 5.41) is 9.24. The first-order chi connectivity index (χ1) is 9.80. The molecule has 0 aliphatic carbocycles. The van der Waals surface area contributed by atoms with Gasteiger partial charge in [0.05, 0.1) is 0 Å². The Bertz CT molecular complexity index is 605. The van der Waals surface area contributed by atoms with Crippen molar-refractivity contribution in [3.63, 3.8) is 0 Å². The molecule has 1 aromatic rings. The number of nitrogens with one attached hydrogen (secondary N) is 1. The first-order valence-electron chi connectivity index (χ1n) is 6.14. The number of methoxy groups -OCH3 is 1. The average Bonchev–Trinajstić information content (AvgIpc) is 2.93. The van der Waals surface area contributed by atoms with Crippen molar-refractivity contribution in [1.29, 1.82) is 0 Å². The van der Waals surface area contributed by atoms with Crippen LogP contribution in [0.3, 0.4) is 0 Å². The fourth-order valence-corrected chi connectivity index (χ4v) is 2.65. The fourth-order valence-electron chi connectivity index (χ4n) is 1.47. The van der Waals surface area contributed by atoms with E-state index in [9.17, 15) is 18.0 Å². The minimum Gasteiger partial charge on any atom is -0.475 e. The van der Waals surface area contributed by atoms with E-state index in [0.717, 1.165) is 12.1 Å². The quantitative estimate of drug-likeness (QED) is 0.660. The molecular formula is C12H17NO7S. The number of hydrogen-bond acceptors (Lipinski definition) is 6. The Morgan fingerprint density at radius 1 is 1.43 bits per heavy atom. The van der Waals surface area contributed by atoms with E-state index in [1.165, 1.54) is 14.0 Å². The van der Waals surface area contributed by atoms with Crippen LogP contribution in [0.2, 0.25) is 0 Å². The number of carboxylic acid groups (broad SMARTS) is 1. The molecule has 0 spiro atoms. The van der Waals surface area contributed by atoms with Gasteiger partial charge in [-0.2, -0.15) is 0 Å². The van der Waals surface area contributed by atoms with E-state index < -0.39 is 37.8 Å². The van der Waals surface area contributed by atoms with E-state index >= 15 is 0 Å². The zero-order valence-corrected chi connectivity index (χ0v) is 12.5. The van der Waals surface area contributed by atoms with E-state index in [2.05, 4.69) is 5.32 Å². The van der Waals surface area contributed by atoms with Gasteiger partial charge < -0.3 is 19.6 Å². The van der Waals surface area contributed by atoms with Gasteiger partial charge in [0.25, 0.3) is 0 Å². The van der Waals surface area contributed by atoms with Gasteiger partial charge in [0.15, 0.2) is 0 Å². The summed E-state index contributed by atoms with van der Waals surface area (Å²) < 4.78 is 33.8. The van der Waals surface area contributed by atoms with Crippen LogP contribution in [0.5, 0.6) is 0 Å². The number of rotatable bonds is 8. The summed E-state index contributed by atoms with van der Waals surface area (Å²) in [7, 11) is -2.55. The second-order valence-electron chi connectivity index (χ2n) is 4.25. The number of carboxylic acids is 1. The molecule has 0 aromatic carbocycles. The van der Waals surface area contributed by atoms with E-state index in [1.807, 2.05) is 0 Å². The van der Waals surface area contributed by atoms with Gasteiger partial charge in [-0.05, 0) is 25.5 Å². The Balaban J connectivity index is 2.76. The van der Waals surface area contributed by atoms with Crippen molar-refractivity contribution in [2.24, 2.45) is 0 Å². The lowest BCUT2D eigenvalue weighted by Crippen LogP contribution is -2.38. The second-order valence-corrected chi connectivity index (χ2v) is 6.45. The van der Waals surface area contributed by atoms with Crippen LogP contribution in [-0.2, 0) is 19.4 Å². The molecular weight excluding hydrogens is 302 g/mol. The van der Waals surface area contributed by atoms with Crippen molar-refractivity contribution in [3.8, 4) is 0 Å². The molecule has 0 saturated carbocycles. The van der Waals surface area contributed by atoms with E-state index in [-0.39, 0.29) is 6.54 Å². The standard InChI is InChI=1S/C12H17NO7S/c1-8(11(14)13-6-3-7-19-2)21(17,18)10-5-4-9(20-10)12(15)16/h4-5,8H,3,6-7H2,1-2H3,(H,13,14)(H,15,16). The van der Waals surface area contributed by atoms with Crippen LogP contribution in [0.15, 0.2) is 21.6 Å². The third-order valence-corrected chi connectivity index (χ3v) is 4.66. The molecule has 0 fully saturated rings. The molecule has 1 aromatic heterocycles. The van der Waals surface area contributed by atoms with E-state index in [4.69, 9.17) is 14.3 Å². The number of carbonyl (C=O) groups excluding carboxylic acids is 1. The molecule has 21 heavy (non-hydrogen) atoms. The molecule has 1 atom stereocenters. The Kier molecular flexibility index (Phi) is 5.91. The normalized spacial score (nSPS) is 12.9. The van der Waals surface area contributed by atoms with Crippen LogP contribution < -0.4 is 5.32 Å². The molecule has 1 unspecified atom stereocenters. The molecule has 2 N–H and O–H groups in total. The summed E-state index contributed by atoms with van der Waals surface area (Å²) >= 11 is 0. The van der Waals surface area contributed by atoms with Crippen LogP contribution in [-0.4, -0.2) is 50.9 Å². The predicted octanol–water partition coefficient (Wildman–Crippen LogP) is 0.293. The molecule has 1 rings (SSSR count). The summed E-state index contributed by atoms with van der Waals surface area (Å²) in [4.78, 5) is 22.4. The molecule has 0 radical (unpaired) electrons. The molecule has 1 amide bonds. The fraction of sp³-hybridized carbons (Fsp3) is 0.500. The van der Waals surface area contributed by atoms with Gasteiger partial charge >= 0.3 is 5.97 Å². The third kappa shape index (κ3) is 4.30. The lowest BCUT2D eigenvalue weighted by Gasteiger charge is -2.11. The first kappa shape index (κ1) is 17.2. The molecule has 1 heterocycles. The van der Waals surface area contributed by atoms with Crippen LogP contribution in [0.4, 0.5) is 0 Å². The molecule has 9 heteroatoms. The first-order valence-corrected chi connectivity index (χ1v) is 7.69. The summed E-state index contributed by atoms with van der Waals surface area (Å²) in [6, 6.07) is 2.05. The van der Waals surface area contributed by atoms with Gasteiger partial charge in [-0.3, -0.25) is 4.79 Å². The van der Waals surface area contributed by atoms with Gasteiger partial charge in [-0.25, -0.2) is 13.2 Å².